The summed E-state index contributed by atoms with van der Waals surface area (Å²) in [5.74, 6) is 0.586. The number of para-hydroxylation sites is 2. The molecule has 3 heterocycles. The van der Waals surface area contributed by atoms with Crippen LogP contribution in [0.5, 0.6) is 0 Å². The quantitative estimate of drug-likeness (QED) is 0.181. The number of fused-ring (bicyclic) bond motifs is 8. The molecule has 0 saturated carbocycles. The largest absolute Gasteiger partial charge is 0.456 e. The first-order chi connectivity index (χ1) is 25.7. The fourth-order valence-corrected chi connectivity index (χ4v) is 8.84. The van der Waals surface area contributed by atoms with Gasteiger partial charge in [0.2, 0.25) is 5.89 Å². The van der Waals surface area contributed by atoms with Crippen LogP contribution in [-0.2, 0) is 0 Å². The normalized spacial score (nSPS) is 11.8. The predicted octanol–water partition coefficient (Wildman–Crippen LogP) is 14.1. The van der Waals surface area contributed by atoms with Crippen molar-refractivity contribution in [3.63, 3.8) is 0 Å². The van der Waals surface area contributed by atoms with Crippen LogP contribution in [-0.4, -0.2) is 4.98 Å². The molecule has 0 radical (unpaired) electrons. The van der Waals surface area contributed by atoms with Gasteiger partial charge in [0.1, 0.15) is 16.7 Å². The van der Waals surface area contributed by atoms with Crippen LogP contribution in [0.4, 0.5) is 17.1 Å². The van der Waals surface area contributed by atoms with Crippen molar-refractivity contribution in [2.75, 3.05) is 4.90 Å². The summed E-state index contributed by atoms with van der Waals surface area (Å²) in [6, 6.07) is 59.8. The monoisotopic (exact) mass is 684 g/mol. The zero-order chi connectivity index (χ0) is 34.2. The van der Waals surface area contributed by atoms with Crippen molar-refractivity contribution >= 4 is 92.4 Å². The van der Waals surface area contributed by atoms with Crippen LogP contribution < -0.4 is 4.90 Å². The second-order valence-corrected chi connectivity index (χ2v) is 14.2. The van der Waals surface area contributed by atoms with Crippen LogP contribution in [0.3, 0.4) is 0 Å². The Morgan fingerprint density at radius 2 is 1.23 bits per heavy atom. The fraction of sp³-hybridized carbons (Fsp3) is 0. The van der Waals surface area contributed by atoms with Gasteiger partial charge < -0.3 is 13.7 Å². The zero-order valence-electron chi connectivity index (χ0n) is 27.8. The summed E-state index contributed by atoms with van der Waals surface area (Å²) in [6.45, 7) is 0. The van der Waals surface area contributed by atoms with Gasteiger partial charge in [0.15, 0.2) is 5.58 Å². The van der Waals surface area contributed by atoms with Gasteiger partial charge in [-0.05, 0) is 88.6 Å². The highest BCUT2D eigenvalue weighted by Gasteiger charge is 2.22. The summed E-state index contributed by atoms with van der Waals surface area (Å²) in [5, 5.41) is 6.92. The number of oxazole rings is 1. The average molecular weight is 685 g/mol. The number of hydrogen-bond acceptors (Lipinski definition) is 5. The van der Waals surface area contributed by atoms with Gasteiger partial charge in [0.25, 0.3) is 0 Å². The molecular formula is C47H28N2O2S. The van der Waals surface area contributed by atoms with Crippen LogP contribution in [0.2, 0.25) is 0 Å². The summed E-state index contributed by atoms with van der Waals surface area (Å²) < 4.78 is 15.4. The van der Waals surface area contributed by atoms with Crippen LogP contribution in [0.25, 0.3) is 86.6 Å². The molecule has 5 heteroatoms. The second kappa shape index (κ2) is 11.4. The first-order valence-electron chi connectivity index (χ1n) is 17.4. The van der Waals surface area contributed by atoms with Crippen LogP contribution >= 0.6 is 11.3 Å². The van der Waals surface area contributed by atoms with Crippen molar-refractivity contribution in [3.05, 3.63) is 170 Å². The van der Waals surface area contributed by atoms with Crippen molar-refractivity contribution in [1.82, 2.24) is 4.98 Å². The van der Waals surface area contributed by atoms with Gasteiger partial charge in [-0.2, -0.15) is 0 Å². The van der Waals surface area contributed by atoms with E-state index in [-0.39, 0.29) is 0 Å². The van der Waals surface area contributed by atoms with Gasteiger partial charge in [-0.25, -0.2) is 4.98 Å². The van der Waals surface area contributed by atoms with Crippen molar-refractivity contribution in [1.29, 1.82) is 0 Å². The standard InChI is InChI=1S/C47H28N2O2S/c1-2-10-29(11-3-1)30-20-21-32-27-33(23-22-31(32)26-30)49(40-16-8-13-36-35-12-4-7-19-44(35)52-46(36)40)34-24-25-37-43(28-34)50-42-18-9-14-38(45(37)42)47-48-39-15-5-6-17-41(39)51-47/h1-28H. The molecule has 4 nitrogen and oxygen atoms in total. The number of benzene rings is 8. The molecule has 0 saturated heterocycles. The maximum Gasteiger partial charge on any atom is 0.228 e. The highest BCUT2D eigenvalue weighted by Crippen LogP contribution is 2.47. The predicted molar refractivity (Wildman–Crippen MR) is 217 cm³/mol. The number of anilines is 3. The summed E-state index contributed by atoms with van der Waals surface area (Å²) in [5.41, 5.74) is 9.75. The van der Waals surface area contributed by atoms with Crippen LogP contribution in [0.15, 0.2) is 179 Å². The fourth-order valence-electron chi connectivity index (χ4n) is 7.64. The Morgan fingerprint density at radius 3 is 2.17 bits per heavy atom. The van der Waals surface area contributed by atoms with E-state index in [0.717, 1.165) is 55.7 Å². The molecule has 3 aromatic heterocycles. The molecule has 0 atom stereocenters. The molecule has 52 heavy (non-hydrogen) atoms. The molecule has 0 fully saturated rings. The lowest BCUT2D eigenvalue weighted by Crippen LogP contribution is -2.10. The number of furan rings is 1. The Labute approximate surface area is 302 Å². The SMILES string of the molecule is c1ccc(-c2ccc3cc(N(c4ccc5c(c4)oc4cccc(-c6nc7ccccc7o6)c45)c4cccc5c4sc4ccccc45)ccc3c2)cc1. The van der Waals surface area contributed by atoms with Crippen LogP contribution in [0.1, 0.15) is 0 Å². The minimum atomic E-state index is 0.586. The minimum absolute atomic E-state index is 0.586. The van der Waals surface area contributed by atoms with Crippen LogP contribution in [0, 0.1) is 0 Å². The highest BCUT2D eigenvalue weighted by atomic mass is 32.1. The Morgan fingerprint density at radius 1 is 0.481 bits per heavy atom. The lowest BCUT2D eigenvalue weighted by Gasteiger charge is -2.26. The molecule has 0 aliphatic heterocycles. The van der Waals surface area contributed by atoms with Gasteiger partial charge in [-0.15, -0.1) is 11.3 Å². The third-order valence-electron chi connectivity index (χ3n) is 10.1. The number of hydrogen-bond donors (Lipinski definition) is 0. The lowest BCUT2D eigenvalue weighted by molar-refractivity contribution is 0.620. The van der Waals surface area contributed by atoms with Gasteiger partial charge >= 0.3 is 0 Å². The Bertz CT molecular complexity index is 3120. The van der Waals surface area contributed by atoms with Gasteiger partial charge in [0, 0.05) is 49.2 Å². The third kappa shape index (κ3) is 4.57. The van der Waals surface area contributed by atoms with Crippen molar-refractivity contribution in [2.45, 2.75) is 0 Å². The minimum Gasteiger partial charge on any atom is -0.456 e. The van der Waals surface area contributed by atoms with Crippen molar-refractivity contribution in [3.8, 4) is 22.6 Å². The first kappa shape index (κ1) is 29.1. The molecule has 0 bridgehead atoms. The van der Waals surface area contributed by atoms with E-state index in [4.69, 9.17) is 13.8 Å². The van der Waals surface area contributed by atoms with E-state index in [2.05, 4.69) is 138 Å². The second-order valence-electron chi connectivity index (χ2n) is 13.1. The van der Waals surface area contributed by atoms with Crippen molar-refractivity contribution in [2.24, 2.45) is 0 Å². The Kier molecular flexibility index (Phi) is 6.39. The van der Waals surface area contributed by atoms with E-state index in [0.29, 0.717) is 5.89 Å². The zero-order valence-corrected chi connectivity index (χ0v) is 28.6. The molecule has 0 amide bonds. The van der Waals surface area contributed by atoms with E-state index in [1.807, 2.05) is 47.7 Å². The molecule has 0 spiro atoms. The topological polar surface area (TPSA) is 42.4 Å². The maximum absolute atomic E-state index is 6.62. The van der Waals surface area contributed by atoms with E-state index >= 15 is 0 Å². The number of nitrogens with zero attached hydrogens (tertiary/aromatic N) is 2. The van der Waals surface area contributed by atoms with E-state index < -0.39 is 0 Å². The highest BCUT2D eigenvalue weighted by molar-refractivity contribution is 7.26. The smallest absolute Gasteiger partial charge is 0.228 e. The number of thiophene rings is 1. The Hall–Kier alpha value is -6.69. The number of aromatic nitrogens is 1. The molecule has 11 aromatic rings. The third-order valence-corrected chi connectivity index (χ3v) is 11.3. The summed E-state index contributed by atoms with van der Waals surface area (Å²) >= 11 is 1.84. The maximum atomic E-state index is 6.62. The summed E-state index contributed by atoms with van der Waals surface area (Å²) in [7, 11) is 0. The van der Waals surface area contributed by atoms with E-state index in [1.54, 1.807) is 0 Å². The molecule has 0 aliphatic carbocycles. The Balaban J connectivity index is 1.11. The first-order valence-corrected chi connectivity index (χ1v) is 18.2. The average Bonchev–Trinajstić information content (AvgIpc) is 3.92. The molecule has 8 aromatic carbocycles. The molecule has 0 unspecified atom stereocenters. The van der Waals surface area contributed by atoms with Gasteiger partial charge in [0.05, 0.1) is 10.4 Å². The number of rotatable bonds is 5. The van der Waals surface area contributed by atoms with E-state index in [1.165, 1.54) is 42.1 Å². The van der Waals surface area contributed by atoms with Gasteiger partial charge in [-0.3, -0.25) is 0 Å². The lowest BCUT2D eigenvalue weighted by atomic mass is 10.0. The molecule has 244 valence electrons. The van der Waals surface area contributed by atoms with Gasteiger partial charge in [-0.1, -0.05) is 97.1 Å². The summed E-state index contributed by atoms with van der Waals surface area (Å²) in [4.78, 5) is 7.20. The molecule has 0 N–H and O–H groups in total. The molecule has 11 rings (SSSR count). The molecular weight excluding hydrogens is 657 g/mol. The van der Waals surface area contributed by atoms with E-state index in [9.17, 15) is 0 Å². The van der Waals surface area contributed by atoms with Crippen molar-refractivity contribution < 1.29 is 8.83 Å². The summed E-state index contributed by atoms with van der Waals surface area (Å²) in [6.07, 6.45) is 0. The molecule has 0 aliphatic rings.